The first-order valence-electron chi connectivity index (χ1n) is 12.0. The Morgan fingerprint density at radius 2 is 1.71 bits per heavy atom. The molecule has 2 N–H and O–H groups in total. The molecule has 0 aromatic heterocycles. The van der Waals surface area contributed by atoms with Crippen molar-refractivity contribution >= 4 is 18.0 Å². The third-order valence-corrected chi connectivity index (χ3v) is 6.84. The minimum atomic E-state index is -0.965. The van der Waals surface area contributed by atoms with E-state index in [-0.39, 0.29) is 38.0 Å². The fraction of sp³-hybridized carbons (Fsp3) is 0.444. The first-order valence-corrected chi connectivity index (χ1v) is 12.0. The number of benzene rings is 2. The van der Waals surface area contributed by atoms with E-state index in [1.807, 2.05) is 38.1 Å². The van der Waals surface area contributed by atoms with Gasteiger partial charge in [-0.1, -0.05) is 62.4 Å². The summed E-state index contributed by atoms with van der Waals surface area (Å²) in [6, 6.07) is 15.8. The Kier molecular flexibility index (Phi) is 7.40. The van der Waals surface area contributed by atoms with E-state index in [9.17, 15) is 14.4 Å². The summed E-state index contributed by atoms with van der Waals surface area (Å²) in [5.74, 6) is -1.12. The summed E-state index contributed by atoms with van der Waals surface area (Å²) in [5, 5.41) is 11.9. The summed E-state index contributed by atoms with van der Waals surface area (Å²) in [6.45, 7) is 5.07. The Hall–Kier alpha value is -3.39. The predicted molar refractivity (Wildman–Crippen MR) is 130 cm³/mol. The second-order valence-electron chi connectivity index (χ2n) is 9.71. The lowest BCUT2D eigenvalue weighted by Gasteiger charge is -2.39. The summed E-state index contributed by atoms with van der Waals surface area (Å²) in [6.07, 6.45) is -0.280. The van der Waals surface area contributed by atoms with Crippen LogP contribution in [-0.4, -0.2) is 66.9 Å². The second kappa shape index (κ2) is 10.5. The van der Waals surface area contributed by atoms with Crippen molar-refractivity contribution in [3.05, 3.63) is 59.7 Å². The van der Waals surface area contributed by atoms with E-state index >= 15 is 0 Å². The number of carbonyl (C=O) groups excluding carboxylic acids is 2. The first-order chi connectivity index (χ1) is 16.8. The predicted octanol–water partition coefficient (Wildman–Crippen LogP) is 3.64. The maximum Gasteiger partial charge on any atom is 0.407 e. The van der Waals surface area contributed by atoms with Crippen LogP contribution in [0.1, 0.15) is 43.7 Å². The average molecular weight is 481 g/mol. The van der Waals surface area contributed by atoms with Crippen molar-refractivity contribution in [2.45, 2.75) is 38.6 Å². The summed E-state index contributed by atoms with van der Waals surface area (Å²) in [7, 11) is 0. The molecular weight excluding hydrogens is 448 g/mol. The van der Waals surface area contributed by atoms with Crippen LogP contribution in [0.3, 0.4) is 0 Å². The number of aliphatic carboxylic acids is 1. The number of ether oxygens (including phenoxy) is 2. The molecule has 1 atom stereocenters. The van der Waals surface area contributed by atoms with Crippen LogP contribution in [0, 0.1) is 5.41 Å². The molecule has 0 spiro atoms. The summed E-state index contributed by atoms with van der Waals surface area (Å²) < 4.78 is 10.9. The van der Waals surface area contributed by atoms with Crippen molar-refractivity contribution in [1.82, 2.24) is 10.2 Å². The van der Waals surface area contributed by atoms with Gasteiger partial charge in [-0.3, -0.25) is 9.59 Å². The number of morpholine rings is 1. The Labute approximate surface area is 205 Å². The number of carboxylic acid groups (broad SMARTS) is 1. The molecule has 2 aromatic rings. The van der Waals surface area contributed by atoms with Crippen LogP contribution in [0.5, 0.6) is 0 Å². The normalized spacial score (nSPS) is 17.4. The number of rotatable bonds is 8. The Bertz CT molecular complexity index is 1050. The maximum atomic E-state index is 13.2. The number of alkyl carbamates (subject to hydrolysis) is 1. The Balaban J connectivity index is 1.29. The van der Waals surface area contributed by atoms with E-state index < -0.39 is 23.5 Å². The molecule has 4 rings (SSSR count). The van der Waals surface area contributed by atoms with Gasteiger partial charge in [-0.25, -0.2) is 4.79 Å². The van der Waals surface area contributed by atoms with Crippen LogP contribution in [0.2, 0.25) is 0 Å². The zero-order chi connectivity index (χ0) is 25.0. The van der Waals surface area contributed by atoms with E-state index in [0.717, 1.165) is 11.1 Å². The second-order valence-corrected chi connectivity index (χ2v) is 9.71. The van der Waals surface area contributed by atoms with E-state index in [4.69, 9.17) is 14.6 Å². The minimum Gasteiger partial charge on any atom is -0.481 e. The highest BCUT2D eigenvalue weighted by molar-refractivity contribution is 5.83. The van der Waals surface area contributed by atoms with Crippen LogP contribution in [-0.2, 0) is 19.1 Å². The van der Waals surface area contributed by atoms with Gasteiger partial charge in [0.2, 0.25) is 5.91 Å². The standard InChI is InChI=1S/C27H32N2O6/c1-27(2,25(32)29-13-14-34-16-18(29)15-24(30)31)11-12-28-26(33)35-17-23-21-9-5-3-7-19(21)20-8-4-6-10-22(20)23/h3-10,18,23H,11-17H2,1-2H3,(H,28,33)(H,30,31). The third-order valence-electron chi connectivity index (χ3n) is 6.84. The summed E-state index contributed by atoms with van der Waals surface area (Å²) in [5.41, 5.74) is 3.86. The molecule has 8 nitrogen and oxygen atoms in total. The number of hydrogen-bond acceptors (Lipinski definition) is 5. The van der Waals surface area contributed by atoms with E-state index in [1.165, 1.54) is 11.1 Å². The molecule has 0 saturated carbocycles. The number of nitrogens with one attached hydrogen (secondary N) is 1. The van der Waals surface area contributed by atoms with E-state index in [2.05, 4.69) is 29.6 Å². The molecule has 0 bridgehead atoms. The van der Waals surface area contributed by atoms with Gasteiger partial charge in [0, 0.05) is 24.4 Å². The van der Waals surface area contributed by atoms with Crippen LogP contribution in [0.25, 0.3) is 11.1 Å². The highest BCUT2D eigenvalue weighted by Gasteiger charge is 2.37. The maximum absolute atomic E-state index is 13.2. The number of carbonyl (C=O) groups is 3. The molecule has 2 aliphatic rings. The number of carboxylic acids is 1. The molecule has 186 valence electrons. The van der Waals surface area contributed by atoms with Gasteiger partial charge >= 0.3 is 12.1 Å². The monoisotopic (exact) mass is 480 g/mol. The largest absolute Gasteiger partial charge is 0.481 e. The van der Waals surface area contributed by atoms with Crippen molar-refractivity contribution in [2.75, 3.05) is 32.9 Å². The lowest BCUT2D eigenvalue weighted by molar-refractivity contribution is -0.153. The Morgan fingerprint density at radius 3 is 2.34 bits per heavy atom. The van der Waals surface area contributed by atoms with Gasteiger partial charge in [0.1, 0.15) is 6.61 Å². The zero-order valence-electron chi connectivity index (χ0n) is 20.2. The smallest absolute Gasteiger partial charge is 0.407 e. The van der Waals surface area contributed by atoms with Gasteiger partial charge in [-0.15, -0.1) is 0 Å². The van der Waals surface area contributed by atoms with Crippen LogP contribution < -0.4 is 5.32 Å². The van der Waals surface area contributed by atoms with Crippen molar-refractivity contribution in [2.24, 2.45) is 5.41 Å². The van der Waals surface area contributed by atoms with Crippen molar-refractivity contribution in [1.29, 1.82) is 0 Å². The molecule has 35 heavy (non-hydrogen) atoms. The fourth-order valence-corrected chi connectivity index (χ4v) is 4.92. The zero-order valence-corrected chi connectivity index (χ0v) is 20.2. The lowest BCUT2D eigenvalue weighted by atomic mass is 9.86. The van der Waals surface area contributed by atoms with Gasteiger partial charge < -0.3 is 24.8 Å². The van der Waals surface area contributed by atoms with Gasteiger partial charge in [0.05, 0.1) is 25.7 Å². The molecule has 1 heterocycles. The number of fused-ring (bicyclic) bond motifs is 3. The van der Waals surface area contributed by atoms with E-state index in [0.29, 0.717) is 19.6 Å². The van der Waals surface area contributed by atoms with Crippen LogP contribution in [0.15, 0.2) is 48.5 Å². The van der Waals surface area contributed by atoms with Gasteiger partial charge in [0.15, 0.2) is 0 Å². The molecular formula is C27H32N2O6. The van der Waals surface area contributed by atoms with Crippen molar-refractivity contribution in [3.8, 4) is 11.1 Å². The lowest BCUT2D eigenvalue weighted by Crippen LogP contribution is -2.53. The third kappa shape index (κ3) is 5.48. The van der Waals surface area contributed by atoms with Gasteiger partial charge in [-0.2, -0.15) is 0 Å². The van der Waals surface area contributed by atoms with E-state index in [1.54, 1.807) is 4.90 Å². The molecule has 1 saturated heterocycles. The van der Waals surface area contributed by atoms with Crippen LogP contribution in [0.4, 0.5) is 4.79 Å². The van der Waals surface area contributed by atoms with Crippen LogP contribution >= 0.6 is 0 Å². The highest BCUT2D eigenvalue weighted by atomic mass is 16.5. The fourth-order valence-electron chi connectivity index (χ4n) is 4.92. The molecule has 1 unspecified atom stereocenters. The van der Waals surface area contributed by atoms with Crippen molar-refractivity contribution in [3.63, 3.8) is 0 Å². The van der Waals surface area contributed by atoms with Crippen molar-refractivity contribution < 1.29 is 29.0 Å². The summed E-state index contributed by atoms with van der Waals surface area (Å²) >= 11 is 0. The topological polar surface area (TPSA) is 105 Å². The van der Waals surface area contributed by atoms with Gasteiger partial charge in [-0.05, 0) is 28.7 Å². The Morgan fingerprint density at radius 1 is 1.09 bits per heavy atom. The molecule has 1 aliphatic heterocycles. The highest BCUT2D eigenvalue weighted by Crippen LogP contribution is 2.44. The number of nitrogens with zero attached hydrogens (tertiary/aromatic N) is 1. The summed E-state index contributed by atoms with van der Waals surface area (Å²) in [4.78, 5) is 38.4. The SMILES string of the molecule is CC(C)(CCNC(=O)OCC1c2ccccc2-c2ccccc21)C(=O)N1CCOCC1CC(=O)O. The molecule has 0 radical (unpaired) electrons. The minimum absolute atomic E-state index is 0.0151. The van der Waals surface area contributed by atoms with Gasteiger partial charge in [0.25, 0.3) is 0 Å². The molecule has 2 amide bonds. The molecule has 1 fully saturated rings. The molecule has 1 aliphatic carbocycles. The quantitative estimate of drug-likeness (QED) is 0.598. The number of hydrogen-bond donors (Lipinski definition) is 2. The first kappa shape index (κ1) is 24.7. The number of amides is 2. The average Bonchev–Trinajstić information content (AvgIpc) is 3.16. The molecule has 2 aromatic carbocycles. The molecule has 8 heteroatoms.